The van der Waals surface area contributed by atoms with Crippen LogP contribution in [0.4, 0.5) is 0 Å². The molecule has 0 spiro atoms. The van der Waals surface area contributed by atoms with E-state index in [1.807, 2.05) is 32.9 Å². The highest BCUT2D eigenvalue weighted by molar-refractivity contribution is 5.93. The molecule has 2 heterocycles. The van der Waals surface area contributed by atoms with Crippen LogP contribution in [0.15, 0.2) is 24.3 Å². The number of aliphatic hydroxyl groups excluding tert-OH is 1. The molecule has 3 rings (SSSR count). The van der Waals surface area contributed by atoms with Crippen LogP contribution >= 0.6 is 0 Å². The van der Waals surface area contributed by atoms with Gasteiger partial charge in [0.1, 0.15) is 6.61 Å². The Bertz CT molecular complexity index is 786. The Morgan fingerprint density at radius 1 is 1.25 bits per heavy atom. The van der Waals surface area contributed by atoms with Crippen molar-refractivity contribution in [3.8, 4) is 0 Å². The summed E-state index contributed by atoms with van der Waals surface area (Å²) in [5.74, 6) is -0.283. The Morgan fingerprint density at radius 3 is 2.79 bits per heavy atom. The third-order valence-electron chi connectivity index (χ3n) is 4.55. The van der Waals surface area contributed by atoms with Crippen LogP contribution in [0, 0.1) is 20.8 Å². The zero-order chi connectivity index (χ0) is 17.3. The second-order valence-corrected chi connectivity index (χ2v) is 6.23. The number of ether oxygens (including phenoxy) is 1. The van der Waals surface area contributed by atoms with E-state index in [9.17, 15) is 9.90 Å². The molecule has 1 atom stereocenters. The lowest BCUT2D eigenvalue weighted by atomic mass is 9.95. The number of nitrogens with one attached hydrogen (secondary N) is 1. The van der Waals surface area contributed by atoms with Crippen molar-refractivity contribution in [2.75, 3.05) is 6.54 Å². The van der Waals surface area contributed by atoms with Gasteiger partial charge in [0, 0.05) is 30.0 Å². The van der Waals surface area contributed by atoms with Crippen LogP contribution in [0.1, 0.15) is 50.1 Å². The van der Waals surface area contributed by atoms with E-state index < -0.39 is 6.10 Å². The van der Waals surface area contributed by atoms with Crippen molar-refractivity contribution in [1.29, 1.82) is 0 Å². The molecule has 1 aliphatic heterocycles. The highest BCUT2D eigenvalue weighted by Crippen LogP contribution is 2.28. The fraction of sp³-hybridized carbons (Fsp3) is 0.368. The second kappa shape index (κ2) is 6.71. The molecule has 0 fully saturated rings. The van der Waals surface area contributed by atoms with E-state index in [0.717, 1.165) is 33.6 Å². The summed E-state index contributed by atoms with van der Waals surface area (Å²) in [5, 5.41) is 13.8. The second-order valence-electron chi connectivity index (χ2n) is 6.23. The number of carbonyl (C=O) groups is 1. The number of pyridine rings is 1. The topological polar surface area (TPSA) is 71.4 Å². The monoisotopic (exact) mass is 326 g/mol. The van der Waals surface area contributed by atoms with E-state index in [1.54, 1.807) is 6.07 Å². The summed E-state index contributed by atoms with van der Waals surface area (Å²) >= 11 is 0. The fourth-order valence-electron chi connectivity index (χ4n) is 3.08. The van der Waals surface area contributed by atoms with Gasteiger partial charge in [0.05, 0.1) is 11.7 Å². The molecule has 0 radical (unpaired) electrons. The van der Waals surface area contributed by atoms with E-state index in [1.165, 1.54) is 0 Å². The van der Waals surface area contributed by atoms with Gasteiger partial charge in [-0.3, -0.25) is 4.98 Å². The van der Waals surface area contributed by atoms with Crippen molar-refractivity contribution in [2.45, 2.75) is 40.0 Å². The Balaban J connectivity index is 1.65. The first-order chi connectivity index (χ1) is 11.5. The Labute approximate surface area is 141 Å². The van der Waals surface area contributed by atoms with Crippen molar-refractivity contribution in [1.82, 2.24) is 10.3 Å². The number of fused-ring (bicyclic) bond motifs is 1. The number of aliphatic hydroxyl groups is 1. The highest BCUT2D eigenvalue weighted by Gasteiger charge is 2.25. The first kappa shape index (κ1) is 16.6. The number of rotatable bonds is 5. The van der Waals surface area contributed by atoms with Gasteiger partial charge in [0.25, 0.3) is 0 Å². The molecule has 126 valence electrons. The lowest BCUT2D eigenvalue weighted by Gasteiger charge is -2.16. The van der Waals surface area contributed by atoms with E-state index in [4.69, 9.17) is 4.74 Å². The van der Waals surface area contributed by atoms with Gasteiger partial charge in [-0.2, -0.15) is 0 Å². The standard InChI is InChI=1S/C19H22N2O3/c1-11-4-5-14(13(3)21-11)8-20-9-18(22)15-6-7-16-17(12(15)2)10-24-19(16)23/h4-7,18,20,22H,8-10H2,1-3H3/t18-/m0/s1. The molecule has 1 aromatic heterocycles. The molecule has 5 nitrogen and oxygen atoms in total. The molecule has 1 aliphatic rings. The minimum Gasteiger partial charge on any atom is -0.457 e. The number of nitrogens with zero attached hydrogens (tertiary/aromatic N) is 1. The molecule has 0 aliphatic carbocycles. The highest BCUT2D eigenvalue weighted by atomic mass is 16.5. The van der Waals surface area contributed by atoms with Crippen molar-refractivity contribution < 1.29 is 14.6 Å². The Hall–Kier alpha value is -2.24. The number of hydrogen-bond donors (Lipinski definition) is 2. The molecule has 24 heavy (non-hydrogen) atoms. The SMILES string of the molecule is Cc1ccc(CNC[C@H](O)c2ccc3c(c2C)COC3=O)c(C)n1. The van der Waals surface area contributed by atoms with Gasteiger partial charge in [-0.25, -0.2) is 4.79 Å². The lowest BCUT2D eigenvalue weighted by Crippen LogP contribution is -2.22. The number of cyclic esters (lactones) is 1. The van der Waals surface area contributed by atoms with Crippen LogP contribution in [0.3, 0.4) is 0 Å². The van der Waals surface area contributed by atoms with Gasteiger partial charge in [0.15, 0.2) is 0 Å². The number of esters is 1. The molecule has 0 saturated heterocycles. The minimum absolute atomic E-state index is 0.283. The molecular formula is C19H22N2O3. The zero-order valence-electron chi connectivity index (χ0n) is 14.2. The molecule has 0 amide bonds. The van der Waals surface area contributed by atoms with Crippen LogP contribution in [-0.2, 0) is 17.9 Å². The smallest absolute Gasteiger partial charge is 0.338 e. The van der Waals surface area contributed by atoms with Gasteiger partial charge in [-0.1, -0.05) is 12.1 Å². The molecule has 0 bridgehead atoms. The maximum Gasteiger partial charge on any atom is 0.338 e. The number of hydrogen-bond acceptors (Lipinski definition) is 5. The first-order valence-electron chi connectivity index (χ1n) is 8.08. The van der Waals surface area contributed by atoms with Crippen LogP contribution < -0.4 is 5.32 Å². The average Bonchev–Trinajstić information content (AvgIpc) is 2.92. The maximum atomic E-state index is 11.6. The van der Waals surface area contributed by atoms with Gasteiger partial charge < -0.3 is 15.2 Å². The summed E-state index contributed by atoms with van der Waals surface area (Å²) in [4.78, 5) is 16.0. The van der Waals surface area contributed by atoms with Gasteiger partial charge in [-0.15, -0.1) is 0 Å². The molecular weight excluding hydrogens is 304 g/mol. The summed E-state index contributed by atoms with van der Waals surface area (Å²) in [6.45, 7) is 7.26. The fourth-order valence-corrected chi connectivity index (χ4v) is 3.08. The van der Waals surface area contributed by atoms with E-state index in [-0.39, 0.29) is 5.97 Å². The third-order valence-corrected chi connectivity index (χ3v) is 4.55. The normalized spacial score (nSPS) is 14.4. The summed E-state index contributed by atoms with van der Waals surface area (Å²) in [7, 11) is 0. The maximum absolute atomic E-state index is 11.6. The average molecular weight is 326 g/mol. The van der Waals surface area contributed by atoms with Crippen LogP contribution in [0.2, 0.25) is 0 Å². The largest absolute Gasteiger partial charge is 0.457 e. The molecule has 0 saturated carbocycles. The van der Waals surface area contributed by atoms with Crippen LogP contribution in [0.25, 0.3) is 0 Å². The minimum atomic E-state index is -0.635. The van der Waals surface area contributed by atoms with Crippen molar-refractivity contribution in [3.63, 3.8) is 0 Å². The summed E-state index contributed by atoms with van der Waals surface area (Å²) in [6, 6.07) is 7.60. The van der Waals surface area contributed by atoms with Crippen LogP contribution in [0.5, 0.6) is 0 Å². The Morgan fingerprint density at radius 2 is 2.04 bits per heavy atom. The third kappa shape index (κ3) is 3.18. The Kier molecular flexibility index (Phi) is 4.64. The molecule has 2 aromatic rings. The van der Waals surface area contributed by atoms with Gasteiger partial charge in [0.2, 0.25) is 0 Å². The molecule has 2 N–H and O–H groups in total. The molecule has 0 unspecified atom stereocenters. The number of benzene rings is 1. The van der Waals surface area contributed by atoms with Gasteiger partial charge in [-0.05, 0) is 49.6 Å². The lowest BCUT2D eigenvalue weighted by molar-refractivity contribution is 0.0535. The number of aromatic nitrogens is 1. The van der Waals surface area contributed by atoms with Crippen LogP contribution in [-0.4, -0.2) is 22.6 Å². The summed E-state index contributed by atoms with van der Waals surface area (Å²) < 4.78 is 5.06. The van der Waals surface area contributed by atoms with E-state index in [0.29, 0.717) is 25.3 Å². The quantitative estimate of drug-likeness (QED) is 0.826. The summed E-state index contributed by atoms with van der Waals surface area (Å²) in [5.41, 5.74) is 6.38. The predicted octanol–water partition coefficient (Wildman–Crippen LogP) is 2.50. The van der Waals surface area contributed by atoms with E-state index >= 15 is 0 Å². The molecule has 1 aromatic carbocycles. The van der Waals surface area contributed by atoms with Gasteiger partial charge >= 0.3 is 5.97 Å². The van der Waals surface area contributed by atoms with Crippen molar-refractivity contribution in [3.05, 3.63) is 63.5 Å². The van der Waals surface area contributed by atoms with Crippen molar-refractivity contribution >= 4 is 5.97 Å². The van der Waals surface area contributed by atoms with E-state index in [2.05, 4.69) is 16.4 Å². The number of aryl methyl sites for hydroxylation is 2. The van der Waals surface area contributed by atoms with Crippen molar-refractivity contribution in [2.24, 2.45) is 0 Å². The zero-order valence-corrected chi connectivity index (χ0v) is 14.2. The predicted molar refractivity (Wildman–Crippen MR) is 90.7 cm³/mol. The number of carbonyl (C=O) groups excluding carboxylic acids is 1. The first-order valence-corrected chi connectivity index (χ1v) is 8.08. The molecule has 5 heteroatoms. The summed E-state index contributed by atoms with van der Waals surface area (Å²) in [6.07, 6.45) is -0.635.